The second-order valence-corrected chi connectivity index (χ2v) is 5.72. The number of nitrogens with zero attached hydrogens (tertiary/aromatic N) is 1. The fourth-order valence-electron chi connectivity index (χ4n) is 1.52. The number of benzene rings is 1. The Hall–Kier alpha value is -1.63. The average molecular weight is 297 g/mol. The molecule has 1 aromatic carbocycles. The van der Waals surface area contributed by atoms with E-state index in [1.54, 1.807) is 24.3 Å². The molecule has 6 heteroatoms. The van der Waals surface area contributed by atoms with Crippen LogP contribution in [0.25, 0.3) is 0 Å². The molecule has 0 saturated heterocycles. The third-order valence-electron chi connectivity index (χ3n) is 2.66. The Labute approximate surface area is 119 Å². The van der Waals surface area contributed by atoms with Crippen LogP contribution < -0.4 is 0 Å². The molecule has 1 N–H and O–H groups in total. The van der Waals surface area contributed by atoms with Gasteiger partial charge in [0.25, 0.3) is 10.1 Å². The highest BCUT2D eigenvalue weighted by molar-refractivity contribution is 7.85. The van der Waals surface area contributed by atoms with Crippen molar-refractivity contribution in [2.75, 3.05) is 7.11 Å². The first kappa shape index (κ1) is 16.4. The van der Waals surface area contributed by atoms with Gasteiger partial charge in [0.1, 0.15) is 0 Å². The molecule has 0 spiro atoms. The molecule has 5 nitrogen and oxygen atoms in total. The summed E-state index contributed by atoms with van der Waals surface area (Å²) in [6.45, 7) is 3.91. The van der Waals surface area contributed by atoms with Crippen molar-refractivity contribution in [2.24, 2.45) is 0 Å². The molecular weight excluding hydrogens is 278 g/mol. The predicted octanol–water partition coefficient (Wildman–Crippen LogP) is 2.56. The zero-order valence-electron chi connectivity index (χ0n) is 11.7. The van der Waals surface area contributed by atoms with E-state index in [-0.39, 0.29) is 4.90 Å². The lowest BCUT2D eigenvalue weighted by atomic mass is 10.2. The molecule has 0 fully saturated rings. The molecule has 1 aromatic rings. The van der Waals surface area contributed by atoms with Crippen molar-refractivity contribution >= 4 is 10.1 Å². The van der Waals surface area contributed by atoms with E-state index >= 15 is 0 Å². The summed E-state index contributed by atoms with van der Waals surface area (Å²) in [5, 5.41) is 1.79. The van der Waals surface area contributed by atoms with Gasteiger partial charge in [-0.3, -0.25) is 14.5 Å². The number of hydroxylamine groups is 2. The van der Waals surface area contributed by atoms with Gasteiger partial charge in [-0.05, 0) is 32.1 Å². The molecule has 0 aliphatic carbocycles. The monoisotopic (exact) mass is 297 g/mol. The Bertz CT molecular complexity index is 576. The topological polar surface area (TPSA) is 66.8 Å². The first-order chi connectivity index (χ1) is 9.34. The van der Waals surface area contributed by atoms with Crippen molar-refractivity contribution < 1.29 is 17.8 Å². The Balaban J connectivity index is 0.000000204. The minimum atomic E-state index is -4.02. The first-order valence-corrected chi connectivity index (χ1v) is 7.50. The fraction of sp³-hybridized carbons (Fsp3) is 0.286. The number of rotatable bonds is 2. The Morgan fingerprint density at radius 2 is 1.80 bits per heavy atom. The van der Waals surface area contributed by atoms with E-state index in [4.69, 9.17) is 9.39 Å². The molecule has 0 amide bonds. The molecule has 0 radical (unpaired) electrons. The van der Waals surface area contributed by atoms with Gasteiger partial charge < -0.3 is 0 Å². The predicted molar refractivity (Wildman–Crippen MR) is 77.6 cm³/mol. The van der Waals surface area contributed by atoms with Crippen LogP contribution in [-0.4, -0.2) is 31.2 Å². The first-order valence-electron chi connectivity index (χ1n) is 6.06. The fourth-order valence-corrected chi connectivity index (χ4v) is 2.00. The van der Waals surface area contributed by atoms with E-state index in [1.807, 2.05) is 25.3 Å². The number of allylic oxidation sites excluding steroid dienone is 2. The zero-order chi connectivity index (χ0) is 15.2. The van der Waals surface area contributed by atoms with Gasteiger partial charge in [0.2, 0.25) is 0 Å². The van der Waals surface area contributed by atoms with Crippen molar-refractivity contribution in [1.29, 1.82) is 0 Å². The van der Waals surface area contributed by atoms with Crippen LogP contribution in [0, 0.1) is 6.92 Å². The summed E-state index contributed by atoms with van der Waals surface area (Å²) in [5.74, 6) is 0. The molecule has 1 aliphatic rings. The van der Waals surface area contributed by atoms with E-state index < -0.39 is 10.1 Å². The molecule has 0 saturated carbocycles. The molecule has 0 aromatic heterocycles. The lowest BCUT2D eigenvalue weighted by Crippen LogP contribution is -2.26. The maximum atomic E-state index is 10.5. The van der Waals surface area contributed by atoms with E-state index in [1.165, 1.54) is 12.1 Å². The largest absolute Gasteiger partial charge is 0.294 e. The van der Waals surface area contributed by atoms with Gasteiger partial charge in [-0.2, -0.15) is 8.42 Å². The molecule has 2 rings (SSSR count). The van der Waals surface area contributed by atoms with E-state index in [2.05, 4.69) is 13.0 Å². The maximum Gasteiger partial charge on any atom is 0.294 e. The summed E-state index contributed by atoms with van der Waals surface area (Å²) >= 11 is 0. The van der Waals surface area contributed by atoms with Crippen LogP contribution in [0.2, 0.25) is 0 Å². The highest BCUT2D eigenvalue weighted by Gasteiger charge is 2.07. The molecule has 110 valence electrons. The van der Waals surface area contributed by atoms with Crippen molar-refractivity contribution in [3.05, 3.63) is 54.3 Å². The molecule has 1 atom stereocenters. The van der Waals surface area contributed by atoms with Crippen LogP contribution in [-0.2, 0) is 15.0 Å². The number of hydrogen-bond donors (Lipinski definition) is 1. The summed E-state index contributed by atoms with van der Waals surface area (Å²) in [5.41, 5.74) is 0.956. The van der Waals surface area contributed by atoms with Crippen molar-refractivity contribution in [2.45, 2.75) is 24.8 Å². The number of aryl methyl sites for hydroxylation is 1. The van der Waals surface area contributed by atoms with Crippen LogP contribution in [0.15, 0.2) is 53.6 Å². The van der Waals surface area contributed by atoms with Crippen molar-refractivity contribution in [3.8, 4) is 0 Å². The van der Waals surface area contributed by atoms with Gasteiger partial charge in [0.15, 0.2) is 0 Å². The quantitative estimate of drug-likeness (QED) is 0.850. The normalized spacial score (nSPS) is 17.6. The standard InChI is InChI=1S/C7H11NO.C7H8O3S/c1-7-5-3-4-6-8(7)9-2;1-6-2-4-7(5-3-6)11(8,9)10/h3-7H,1-2H3;2-5H,1H3,(H,8,9,10). The second kappa shape index (κ2) is 7.23. The highest BCUT2D eigenvalue weighted by atomic mass is 32.2. The van der Waals surface area contributed by atoms with E-state index in [0.717, 1.165) is 5.56 Å². The summed E-state index contributed by atoms with van der Waals surface area (Å²) in [6.07, 6.45) is 7.94. The SMILES string of the molecule is CON1C=CC=CC1C.Cc1ccc(S(=O)(=O)O)cc1. The van der Waals surface area contributed by atoms with E-state index in [9.17, 15) is 8.42 Å². The summed E-state index contributed by atoms with van der Waals surface area (Å²) < 4.78 is 29.6. The third-order valence-corrected chi connectivity index (χ3v) is 3.53. The molecule has 1 unspecified atom stereocenters. The van der Waals surface area contributed by atoms with Crippen LogP contribution in [0.5, 0.6) is 0 Å². The summed E-state index contributed by atoms with van der Waals surface area (Å²) in [4.78, 5) is 4.93. The zero-order valence-corrected chi connectivity index (χ0v) is 12.5. The van der Waals surface area contributed by atoms with Gasteiger partial charge in [-0.1, -0.05) is 29.8 Å². The van der Waals surface area contributed by atoms with Gasteiger partial charge in [0.05, 0.1) is 18.0 Å². The summed E-state index contributed by atoms with van der Waals surface area (Å²) in [7, 11) is -2.35. The summed E-state index contributed by atoms with van der Waals surface area (Å²) in [6, 6.07) is 6.35. The lowest BCUT2D eigenvalue weighted by molar-refractivity contribution is -0.104. The van der Waals surface area contributed by atoms with Crippen LogP contribution in [0.3, 0.4) is 0 Å². The Morgan fingerprint density at radius 3 is 2.20 bits per heavy atom. The minimum absolute atomic E-state index is 0.0666. The Morgan fingerprint density at radius 1 is 1.20 bits per heavy atom. The van der Waals surface area contributed by atoms with Crippen molar-refractivity contribution in [3.63, 3.8) is 0 Å². The van der Waals surface area contributed by atoms with Crippen LogP contribution in [0.1, 0.15) is 12.5 Å². The number of hydrogen-bond acceptors (Lipinski definition) is 4. The van der Waals surface area contributed by atoms with Gasteiger partial charge >= 0.3 is 0 Å². The smallest absolute Gasteiger partial charge is 0.282 e. The van der Waals surface area contributed by atoms with E-state index in [0.29, 0.717) is 6.04 Å². The van der Waals surface area contributed by atoms with Crippen LogP contribution in [0.4, 0.5) is 0 Å². The van der Waals surface area contributed by atoms with Gasteiger partial charge in [-0.25, -0.2) is 0 Å². The minimum Gasteiger partial charge on any atom is -0.282 e. The molecule has 1 heterocycles. The van der Waals surface area contributed by atoms with Crippen LogP contribution >= 0.6 is 0 Å². The molecule has 20 heavy (non-hydrogen) atoms. The van der Waals surface area contributed by atoms with Gasteiger partial charge in [0, 0.05) is 6.20 Å². The molecule has 0 bridgehead atoms. The Kier molecular flexibility index (Phi) is 5.94. The second-order valence-electron chi connectivity index (χ2n) is 4.30. The average Bonchev–Trinajstić information content (AvgIpc) is 2.39. The van der Waals surface area contributed by atoms with Gasteiger partial charge in [-0.15, -0.1) is 0 Å². The molecule has 1 aliphatic heterocycles. The highest BCUT2D eigenvalue weighted by Crippen LogP contribution is 2.08. The maximum absolute atomic E-state index is 10.5. The lowest BCUT2D eigenvalue weighted by Gasteiger charge is -2.23. The molecular formula is C14H19NO4S. The third kappa shape index (κ3) is 5.16. The van der Waals surface area contributed by atoms with Crippen molar-refractivity contribution in [1.82, 2.24) is 5.06 Å².